The summed E-state index contributed by atoms with van der Waals surface area (Å²) in [4.78, 5) is 2.40. The van der Waals surface area contributed by atoms with Gasteiger partial charge >= 0.3 is 0 Å². The summed E-state index contributed by atoms with van der Waals surface area (Å²) in [5.41, 5.74) is 0. The highest BCUT2D eigenvalue weighted by Gasteiger charge is 2.17. The lowest BCUT2D eigenvalue weighted by atomic mass is 10.2. The summed E-state index contributed by atoms with van der Waals surface area (Å²) in [5, 5.41) is 3.61. The maximum atomic E-state index is 3.61. The molecule has 0 aromatic rings. The zero-order chi connectivity index (χ0) is 8.81. The van der Waals surface area contributed by atoms with Gasteiger partial charge < -0.3 is 10.2 Å². The molecule has 1 rings (SSSR count). The molecule has 2 nitrogen and oxygen atoms in total. The van der Waals surface area contributed by atoms with Gasteiger partial charge in [-0.1, -0.05) is 19.8 Å². The van der Waals surface area contributed by atoms with E-state index in [-0.39, 0.29) is 0 Å². The smallest absolute Gasteiger partial charge is 0.0207 e. The monoisotopic (exact) mass is 170 g/mol. The van der Waals surface area contributed by atoms with Crippen molar-refractivity contribution in [1.82, 2.24) is 10.2 Å². The number of nitrogens with zero attached hydrogens (tertiary/aromatic N) is 1. The Bertz CT molecular complexity index is 114. The molecule has 0 radical (unpaired) electrons. The summed E-state index contributed by atoms with van der Waals surface area (Å²) < 4.78 is 0. The third-order valence-corrected chi connectivity index (χ3v) is 2.60. The van der Waals surface area contributed by atoms with Crippen molar-refractivity contribution in [2.75, 3.05) is 26.7 Å². The fraction of sp³-hybridized carbons (Fsp3) is 1.00. The molecule has 0 aliphatic carbocycles. The van der Waals surface area contributed by atoms with Gasteiger partial charge in [-0.15, -0.1) is 0 Å². The van der Waals surface area contributed by atoms with Crippen LogP contribution in [0.25, 0.3) is 0 Å². The summed E-state index contributed by atoms with van der Waals surface area (Å²) in [6.45, 7) is 5.98. The molecule has 1 aliphatic rings. The van der Waals surface area contributed by atoms with Crippen molar-refractivity contribution in [3.05, 3.63) is 0 Å². The van der Waals surface area contributed by atoms with E-state index in [1.165, 1.54) is 45.3 Å². The van der Waals surface area contributed by atoms with Crippen LogP contribution in [0.2, 0.25) is 0 Å². The second-order valence-corrected chi connectivity index (χ2v) is 3.91. The second kappa shape index (κ2) is 5.55. The molecule has 0 saturated carbocycles. The number of unbranched alkanes of at least 4 members (excludes halogenated alkanes) is 2. The average molecular weight is 170 g/mol. The van der Waals surface area contributed by atoms with E-state index in [4.69, 9.17) is 0 Å². The third-order valence-electron chi connectivity index (χ3n) is 2.60. The first-order chi connectivity index (χ1) is 5.83. The highest BCUT2D eigenvalue weighted by Crippen LogP contribution is 2.05. The van der Waals surface area contributed by atoms with E-state index < -0.39 is 0 Å². The lowest BCUT2D eigenvalue weighted by Crippen LogP contribution is -2.32. The molecule has 12 heavy (non-hydrogen) atoms. The third kappa shape index (κ3) is 3.55. The van der Waals surface area contributed by atoms with Crippen LogP contribution in [0.5, 0.6) is 0 Å². The SMILES string of the molecule is CCCCCNC1CCN(C)C1. The minimum atomic E-state index is 0.770. The molecule has 1 saturated heterocycles. The molecule has 1 atom stereocenters. The van der Waals surface area contributed by atoms with Gasteiger partial charge in [0, 0.05) is 12.6 Å². The summed E-state index contributed by atoms with van der Waals surface area (Å²) in [6.07, 6.45) is 5.38. The van der Waals surface area contributed by atoms with Crippen LogP contribution in [-0.2, 0) is 0 Å². The lowest BCUT2D eigenvalue weighted by molar-refractivity contribution is 0.397. The number of hydrogen-bond donors (Lipinski definition) is 1. The van der Waals surface area contributed by atoms with E-state index in [2.05, 4.69) is 24.2 Å². The summed E-state index contributed by atoms with van der Waals surface area (Å²) in [5.74, 6) is 0. The molecule has 1 unspecified atom stereocenters. The van der Waals surface area contributed by atoms with Gasteiger partial charge in [-0.25, -0.2) is 0 Å². The first kappa shape index (κ1) is 10.0. The Kier molecular flexibility index (Phi) is 4.62. The molecule has 0 aromatic carbocycles. The number of likely N-dealkylation sites (N-methyl/N-ethyl adjacent to an activating group) is 1. The molecule has 2 heteroatoms. The van der Waals surface area contributed by atoms with Crippen LogP contribution in [0.3, 0.4) is 0 Å². The van der Waals surface area contributed by atoms with Gasteiger partial charge in [0.15, 0.2) is 0 Å². The quantitative estimate of drug-likeness (QED) is 0.629. The van der Waals surface area contributed by atoms with E-state index in [1.54, 1.807) is 0 Å². The predicted octanol–water partition coefficient (Wildman–Crippen LogP) is 1.47. The van der Waals surface area contributed by atoms with Gasteiger partial charge in [0.1, 0.15) is 0 Å². The summed E-state index contributed by atoms with van der Waals surface area (Å²) in [7, 11) is 2.20. The Morgan fingerprint density at radius 3 is 2.83 bits per heavy atom. The van der Waals surface area contributed by atoms with Crippen molar-refractivity contribution in [3.63, 3.8) is 0 Å². The van der Waals surface area contributed by atoms with Crippen LogP contribution >= 0.6 is 0 Å². The molecule has 1 aliphatic heterocycles. The molecule has 0 amide bonds. The number of nitrogens with one attached hydrogen (secondary N) is 1. The zero-order valence-electron chi connectivity index (χ0n) is 8.47. The van der Waals surface area contributed by atoms with Crippen LogP contribution in [0.15, 0.2) is 0 Å². The Labute approximate surface area is 76.3 Å². The van der Waals surface area contributed by atoms with Gasteiger partial charge in [0.2, 0.25) is 0 Å². The van der Waals surface area contributed by atoms with Crippen molar-refractivity contribution in [1.29, 1.82) is 0 Å². The molecule has 1 N–H and O–H groups in total. The molecular weight excluding hydrogens is 148 g/mol. The zero-order valence-corrected chi connectivity index (χ0v) is 8.47. The maximum absolute atomic E-state index is 3.61. The molecule has 1 fully saturated rings. The molecule has 0 bridgehead atoms. The molecule has 1 heterocycles. The molecule has 0 aromatic heterocycles. The normalized spacial score (nSPS) is 25.0. The first-order valence-corrected chi connectivity index (χ1v) is 5.25. The minimum Gasteiger partial charge on any atom is -0.313 e. The minimum absolute atomic E-state index is 0.770. The van der Waals surface area contributed by atoms with Gasteiger partial charge in [0.25, 0.3) is 0 Å². The average Bonchev–Trinajstić information content (AvgIpc) is 2.45. The fourth-order valence-electron chi connectivity index (χ4n) is 1.78. The highest BCUT2D eigenvalue weighted by atomic mass is 15.2. The largest absolute Gasteiger partial charge is 0.313 e. The first-order valence-electron chi connectivity index (χ1n) is 5.25. The Morgan fingerprint density at radius 1 is 1.42 bits per heavy atom. The fourth-order valence-corrected chi connectivity index (χ4v) is 1.78. The van der Waals surface area contributed by atoms with E-state index in [1.807, 2.05) is 0 Å². The number of likely N-dealkylation sites (tertiary alicyclic amines) is 1. The Morgan fingerprint density at radius 2 is 2.25 bits per heavy atom. The van der Waals surface area contributed by atoms with Gasteiger partial charge in [-0.3, -0.25) is 0 Å². The van der Waals surface area contributed by atoms with E-state index >= 15 is 0 Å². The van der Waals surface area contributed by atoms with E-state index in [9.17, 15) is 0 Å². The van der Waals surface area contributed by atoms with E-state index in [0.29, 0.717) is 0 Å². The molecule has 0 spiro atoms. The van der Waals surface area contributed by atoms with Crippen molar-refractivity contribution < 1.29 is 0 Å². The Hall–Kier alpha value is -0.0800. The molecular formula is C10H22N2. The highest BCUT2D eigenvalue weighted by molar-refractivity contribution is 4.78. The predicted molar refractivity (Wildman–Crippen MR) is 53.4 cm³/mol. The standard InChI is InChI=1S/C10H22N2/c1-3-4-5-7-11-10-6-8-12(2)9-10/h10-11H,3-9H2,1-2H3. The van der Waals surface area contributed by atoms with Gasteiger partial charge in [0.05, 0.1) is 0 Å². The molecule has 72 valence electrons. The summed E-state index contributed by atoms with van der Waals surface area (Å²) in [6, 6.07) is 0.770. The van der Waals surface area contributed by atoms with Gasteiger partial charge in [-0.05, 0) is 33.0 Å². The maximum Gasteiger partial charge on any atom is 0.0207 e. The van der Waals surface area contributed by atoms with Crippen molar-refractivity contribution in [3.8, 4) is 0 Å². The summed E-state index contributed by atoms with van der Waals surface area (Å²) >= 11 is 0. The van der Waals surface area contributed by atoms with Crippen LogP contribution in [0, 0.1) is 0 Å². The Balaban J connectivity index is 1.93. The van der Waals surface area contributed by atoms with Crippen molar-refractivity contribution in [2.45, 2.75) is 38.6 Å². The van der Waals surface area contributed by atoms with Crippen LogP contribution in [-0.4, -0.2) is 37.6 Å². The van der Waals surface area contributed by atoms with Crippen molar-refractivity contribution in [2.24, 2.45) is 0 Å². The van der Waals surface area contributed by atoms with Crippen LogP contribution in [0.4, 0.5) is 0 Å². The van der Waals surface area contributed by atoms with Crippen molar-refractivity contribution >= 4 is 0 Å². The van der Waals surface area contributed by atoms with E-state index in [0.717, 1.165) is 6.04 Å². The number of hydrogen-bond acceptors (Lipinski definition) is 2. The topological polar surface area (TPSA) is 15.3 Å². The number of rotatable bonds is 5. The van der Waals surface area contributed by atoms with Gasteiger partial charge in [-0.2, -0.15) is 0 Å². The second-order valence-electron chi connectivity index (χ2n) is 3.91. The van der Waals surface area contributed by atoms with Crippen LogP contribution in [0.1, 0.15) is 32.6 Å². The lowest BCUT2D eigenvalue weighted by Gasteiger charge is -2.11. The van der Waals surface area contributed by atoms with Crippen LogP contribution < -0.4 is 5.32 Å².